The number of carboxylic acid groups (broad SMARTS) is 4. The summed E-state index contributed by atoms with van der Waals surface area (Å²) in [5.41, 5.74) is 6.25. The summed E-state index contributed by atoms with van der Waals surface area (Å²) >= 11 is 0. The van der Waals surface area contributed by atoms with Crippen LogP contribution in [-0.4, -0.2) is 71.7 Å². The molecule has 0 saturated carbocycles. The summed E-state index contributed by atoms with van der Waals surface area (Å²) < 4.78 is 7.23. The molecule has 0 aliphatic rings. The zero-order valence-corrected chi connectivity index (χ0v) is 14.8. The summed E-state index contributed by atoms with van der Waals surface area (Å²) in [5, 5.41) is 39.3. The van der Waals surface area contributed by atoms with Crippen molar-refractivity contribution in [2.24, 2.45) is 0 Å². The SMILES string of the molecule is Nc1ccc(OCC(O)Cn2ccnc2)cc1.O=C(O)C(=O)O.O=C(O)C(=O)O. The molecule has 13 heteroatoms. The lowest BCUT2D eigenvalue weighted by atomic mass is 10.3. The Kier molecular flexibility index (Phi) is 11.2. The second-order valence-corrected chi connectivity index (χ2v) is 5.01. The van der Waals surface area contributed by atoms with E-state index >= 15 is 0 Å². The first-order chi connectivity index (χ1) is 13.5. The Morgan fingerprint density at radius 3 is 1.83 bits per heavy atom. The van der Waals surface area contributed by atoms with E-state index in [0.717, 1.165) is 0 Å². The molecule has 0 fully saturated rings. The van der Waals surface area contributed by atoms with Crippen molar-refractivity contribution in [1.29, 1.82) is 0 Å². The van der Waals surface area contributed by atoms with Crippen LogP contribution in [0.25, 0.3) is 0 Å². The maximum atomic E-state index is 9.74. The van der Waals surface area contributed by atoms with Gasteiger partial charge in [-0.1, -0.05) is 0 Å². The second kappa shape index (κ2) is 13.1. The minimum absolute atomic E-state index is 0.238. The van der Waals surface area contributed by atoms with Crippen molar-refractivity contribution in [3.05, 3.63) is 43.0 Å². The van der Waals surface area contributed by atoms with Crippen molar-refractivity contribution >= 4 is 29.6 Å². The Hall–Kier alpha value is -4.13. The first-order valence-electron chi connectivity index (χ1n) is 7.57. The van der Waals surface area contributed by atoms with Crippen LogP contribution < -0.4 is 10.5 Å². The molecule has 2 aromatic rings. The molecule has 1 unspecified atom stereocenters. The zero-order chi connectivity index (χ0) is 22.4. The fourth-order valence-electron chi connectivity index (χ4n) is 1.45. The summed E-state index contributed by atoms with van der Waals surface area (Å²) in [6.07, 6.45) is 4.56. The maximum absolute atomic E-state index is 9.74. The van der Waals surface area contributed by atoms with Gasteiger partial charge in [-0.3, -0.25) is 0 Å². The minimum atomic E-state index is -1.82. The van der Waals surface area contributed by atoms with Gasteiger partial charge in [-0.25, -0.2) is 24.2 Å². The van der Waals surface area contributed by atoms with Gasteiger partial charge in [0.2, 0.25) is 0 Å². The van der Waals surface area contributed by atoms with E-state index in [1.54, 1.807) is 47.6 Å². The van der Waals surface area contributed by atoms with E-state index in [1.165, 1.54) is 0 Å². The standard InChI is InChI=1S/C12H15N3O2.2C2H2O4/c13-10-1-3-12(4-2-10)17-8-11(16)7-15-6-5-14-9-15;2*3-1(4)2(5)6/h1-6,9,11,16H,7-8,13H2;2*(H,3,4)(H,5,6). The number of nitrogens with zero attached hydrogens (tertiary/aromatic N) is 2. The number of aromatic nitrogens is 2. The summed E-state index contributed by atoms with van der Waals surface area (Å²) in [4.78, 5) is 40.3. The highest BCUT2D eigenvalue weighted by Crippen LogP contribution is 2.13. The van der Waals surface area contributed by atoms with Gasteiger partial charge >= 0.3 is 23.9 Å². The van der Waals surface area contributed by atoms with Gasteiger partial charge in [0.15, 0.2) is 0 Å². The Labute approximate surface area is 163 Å². The van der Waals surface area contributed by atoms with Crippen LogP contribution in [0, 0.1) is 0 Å². The molecule has 2 rings (SSSR count). The Balaban J connectivity index is 0.000000542. The molecule has 1 heterocycles. The number of benzene rings is 1. The fourth-order valence-corrected chi connectivity index (χ4v) is 1.45. The minimum Gasteiger partial charge on any atom is -0.491 e. The van der Waals surface area contributed by atoms with Crippen molar-refractivity contribution < 1.29 is 49.4 Å². The third kappa shape index (κ3) is 12.8. The predicted molar refractivity (Wildman–Crippen MR) is 95.1 cm³/mol. The molecule has 0 radical (unpaired) electrons. The van der Waals surface area contributed by atoms with Gasteiger partial charge in [-0.2, -0.15) is 0 Å². The summed E-state index contributed by atoms with van der Waals surface area (Å²) in [7, 11) is 0. The van der Waals surface area contributed by atoms with Crippen LogP contribution in [0.15, 0.2) is 43.0 Å². The van der Waals surface area contributed by atoms with E-state index < -0.39 is 30.0 Å². The first-order valence-corrected chi connectivity index (χ1v) is 7.57. The molecule has 0 amide bonds. The summed E-state index contributed by atoms with van der Waals surface area (Å²) in [6.45, 7) is 0.705. The van der Waals surface area contributed by atoms with Gasteiger partial charge in [0.05, 0.1) is 12.9 Å². The van der Waals surface area contributed by atoms with Crippen LogP contribution in [0.3, 0.4) is 0 Å². The van der Waals surface area contributed by atoms with Gasteiger partial charge in [0.1, 0.15) is 18.5 Å². The number of imidazole rings is 1. The average Bonchev–Trinajstić information content (AvgIpc) is 3.15. The van der Waals surface area contributed by atoms with Crippen LogP contribution in [0.2, 0.25) is 0 Å². The van der Waals surface area contributed by atoms with E-state index in [2.05, 4.69) is 4.98 Å². The van der Waals surface area contributed by atoms with E-state index in [0.29, 0.717) is 18.0 Å². The highest BCUT2D eigenvalue weighted by molar-refractivity contribution is 6.27. The number of aliphatic carboxylic acids is 4. The Bertz CT molecular complexity index is 742. The van der Waals surface area contributed by atoms with Crippen molar-refractivity contribution in [3.8, 4) is 5.75 Å². The van der Waals surface area contributed by atoms with Crippen LogP contribution in [0.1, 0.15) is 0 Å². The topological polar surface area (TPSA) is 222 Å². The molecule has 0 bridgehead atoms. The Morgan fingerprint density at radius 1 is 0.966 bits per heavy atom. The third-order valence-electron chi connectivity index (χ3n) is 2.67. The van der Waals surface area contributed by atoms with Crippen molar-refractivity contribution in [2.45, 2.75) is 12.6 Å². The lowest BCUT2D eigenvalue weighted by Gasteiger charge is -2.12. The molecule has 0 saturated heterocycles. The maximum Gasteiger partial charge on any atom is 0.414 e. The van der Waals surface area contributed by atoms with Crippen LogP contribution >= 0.6 is 0 Å². The zero-order valence-electron chi connectivity index (χ0n) is 14.8. The molecule has 0 spiro atoms. The van der Waals surface area contributed by atoms with Gasteiger partial charge < -0.3 is 40.6 Å². The van der Waals surface area contributed by atoms with Gasteiger partial charge in [0, 0.05) is 18.1 Å². The van der Waals surface area contributed by atoms with E-state index in [-0.39, 0.29) is 6.61 Å². The molecule has 13 nitrogen and oxygen atoms in total. The highest BCUT2D eigenvalue weighted by atomic mass is 16.5. The van der Waals surface area contributed by atoms with Gasteiger partial charge in [-0.15, -0.1) is 0 Å². The molecule has 7 N–H and O–H groups in total. The van der Waals surface area contributed by atoms with Crippen molar-refractivity contribution in [1.82, 2.24) is 9.55 Å². The fraction of sp³-hybridized carbons (Fsp3) is 0.188. The molecule has 1 aromatic heterocycles. The quantitative estimate of drug-likeness (QED) is 0.262. The van der Waals surface area contributed by atoms with Crippen molar-refractivity contribution in [3.63, 3.8) is 0 Å². The number of nitrogen functional groups attached to an aromatic ring is 1. The highest BCUT2D eigenvalue weighted by Gasteiger charge is 2.06. The summed E-state index contributed by atoms with van der Waals surface area (Å²) in [5.74, 6) is -6.60. The molecule has 1 atom stereocenters. The molecular formula is C16H19N3O10. The predicted octanol–water partition coefficient (Wildman–Crippen LogP) is -0.784. The van der Waals surface area contributed by atoms with Gasteiger partial charge in [0.25, 0.3) is 0 Å². The molecule has 1 aromatic carbocycles. The van der Waals surface area contributed by atoms with Gasteiger partial charge in [-0.05, 0) is 24.3 Å². The van der Waals surface area contributed by atoms with Crippen LogP contribution in [0.4, 0.5) is 5.69 Å². The number of hydrogen-bond donors (Lipinski definition) is 6. The van der Waals surface area contributed by atoms with E-state index in [4.69, 9.17) is 50.1 Å². The molecule has 0 aliphatic heterocycles. The number of carboxylic acids is 4. The number of aliphatic hydroxyl groups is 1. The lowest BCUT2D eigenvalue weighted by molar-refractivity contribution is -0.159. The lowest BCUT2D eigenvalue weighted by Crippen LogP contribution is -2.22. The molecular weight excluding hydrogens is 394 g/mol. The van der Waals surface area contributed by atoms with Crippen LogP contribution in [-0.2, 0) is 25.7 Å². The number of nitrogens with two attached hydrogens (primary N) is 1. The number of aliphatic hydroxyl groups excluding tert-OH is 1. The van der Waals surface area contributed by atoms with Crippen LogP contribution in [0.5, 0.6) is 5.75 Å². The average molecular weight is 413 g/mol. The molecule has 29 heavy (non-hydrogen) atoms. The van der Waals surface area contributed by atoms with Crippen molar-refractivity contribution in [2.75, 3.05) is 12.3 Å². The first kappa shape index (κ1) is 24.9. The monoisotopic (exact) mass is 413 g/mol. The number of hydrogen-bond acceptors (Lipinski definition) is 8. The summed E-state index contributed by atoms with van der Waals surface area (Å²) in [6, 6.07) is 7.08. The number of rotatable bonds is 5. The smallest absolute Gasteiger partial charge is 0.414 e. The number of anilines is 1. The number of carbonyl (C=O) groups is 4. The normalized spacial score (nSPS) is 10.2. The second-order valence-electron chi connectivity index (χ2n) is 5.01. The van der Waals surface area contributed by atoms with E-state index in [1.807, 2.05) is 0 Å². The molecule has 158 valence electrons. The molecule has 0 aliphatic carbocycles. The number of ether oxygens (including phenoxy) is 1. The third-order valence-corrected chi connectivity index (χ3v) is 2.67. The Morgan fingerprint density at radius 2 is 1.45 bits per heavy atom. The van der Waals surface area contributed by atoms with E-state index in [9.17, 15) is 5.11 Å². The largest absolute Gasteiger partial charge is 0.491 e.